The van der Waals surface area contributed by atoms with Gasteiger partial charge in [-0.2, -0.15) is 0 Å². The zero-order chi connectivity index (χ0) is 24.1. The van der Waals surface area contributed by atoms with Crippen molar-refractivity contribution in [1.29, 1.82) is 0 Å². The van der Waals surface area contributed by atoms with E-state index in [-0.39, 0.29) is 45.7 Å². The molecule has 12 heteroatoms. The molecule has 2 heterocycles. The van der Waals surface area contributed by atoms with Gasteiger partial charge in [0, 0.05) is 55.8 Å². The molecule has 0 aliphatic rings. The van der Waals surface area contributed by atoms with E-state index in [1.54, 1.807) is 12.5 Å². The Bertz CT molecular complexity index is 1300. The number of nitro benzene ring substituents is 1. The smallest absolute Gasteiger partial charge is 0.273 e. The van der Waals surface area contributed by atoms with Gasteiger partial charge in [0.15, 0.2) is 11.5 Å². The number of nitrogens with zero attached hydrogens (tertiary/aromatic N) is 4. The van der Waals surface area contributed by atoms with Crippen molar-refractivity contribution in [1.82, 2.24) is 20.0 Å². The van der Waals surface area contributed by atoms with Crippen LogP contribution in [0, 0.1) is 10.1 Å². The lowest BCUT2D eigenvalue weighted by atomic mass is 10.1. The third-order valence-electron chi connectivity index (χ3n) is 4.77. The number of non-ortho nitro benzene ring substituents is 1. The standard InChI is InChI=1S/C22H19N5O7/c28-15-10-18(29)21(19(11-15)33-16-4-2-14(3-5-16)27(31)32)20-12-17(25-34-20)22(30)24-6-1-8-26-9-7-23-13-26/h2-5,7,9-13,28-29H,1,6,8H2,(H,24,30). The number of imidazole rings is 1. The number of phenols is 2. The SMILES string of the molecule is O=C(NCCCn1ccnc1)c1cc(-c2c(O)cc(O)cc2Oc2ccc([N+](=O)[O-])cc2)on1. The largest absolute Gasteiger partial charge is 0.508 e. The summed E-state index contributed by atoms with van der Waals surface area (Å²) in [4.78, 5) is 26.7. The van der Waals surface area contributed by atoms with E-state index in [0.29, 0.717) is 19.5 Å². The van der Waals surface area contributed by atoms with Gasteiger partial charge in [-0.15, -0.1) is 0 Å². The number of benzene rings is 2. The molecule has 2 aromatic carbocycles. The van der Waals surface area contributed by atoms with Gasteiger partial charge in [0.05, 0.1) is 11.3 Å². The van der Waals surface area contributed by atoms with E-state index < -0.39 is 10.8 Å². The van der Waals surface area contributed by atoms with Gasteiger partial charge in [-0.3, -0.25) is 14.9 Å². The van der Waals surface area contributed by atoms with Gasteiger partial charge in [0.2, 0.25) is 0 Å². The summed E-state index contributed by atoms with van der Waals surface area (Å²) in [6, 6.07) is 8.88. The van der Waals surface area contributed by atoms with Gasteiger partial charge in [-0.25, -0.2) is 4.98 Å². The Labute approximate surface area is 192 Å². The Kier molecular flexibility index (Phi) is 6.39. The quantitative estimate of drug-likeness (QED) is 0.190. The maximum atomic E-state index is 12.4. The van der Waals surface area contributed by atoms with Crippen LogP contribution in [0.15, 0.2) is 65.7 Å². The third kappa shape index (κ3) is 5.12. The van der Waals surface area contributed by atoms with Gasteiger partial charge in [-0.05, 0) is 18.6 Å². The highest BCUT2D eigenvalue weighted by atomic mass is 16.6. The van der Waals surface area contributed by atoms with Crippen LogP contribution in [-0.2, 0) is 6.54 Å². The van der Waals surface area contributed by atoms with Gasteiger partial charge in [0.1, 0.15) is 28.6 Å². The lowest BCUT2D eigenvalue weighted by Crippen LogP contribution is -2.25. The Morgan fingerprint density at radius 1 is 1.21 bits per heavy atom. The number of nitrogens with one attached hydrogen (secondary N) is 1. The first-order chi connectivity index (χ1) is 16.4. The van der Waals surface area contributed by atoms with Crippen LogP contribution in [0.25, 0.3) is 11.3 Å². The number of phenolic OH excluding ortho intramolecular Hbond substituents is 2. The molecule has 0 atom stereocenters. The molecule has 0 fully saturated rings. The fourth-order valence-electron chi connectivity index (χ4n) is 3.15. The topological polar surface area (TPSA) is 166 Å². The average molecular weight is 465 g/mol. The number of rotatable bonds is 9. The molecular formula is C22H19N5O7. The summed E-state index contributed by atoms with van der Waals surface area (Å²) in [5.41, 5.74) is -0.0866. The van der Waals surface area contributed by atoms with E-state index in [0.717, 1.165) is 6.07 Å². The van der Waals surface area contributed by atoms with Crippen LogP contribution in [0.3, 0.4) is 0 Å². The molecule has 0 spiro atoms. The number of hydrogen-bond acceptors (Lipinski definition) is 9. The molecule has 4 rings (SSSR count). The summed E-state index contributed by atoms with van der Waals surface area (Å²) in [6.07, 6.45) is 5.87. The minimum atomic E-state index is -0.547. The van der Waals surface area contributed by atoms with Crippen molar-refractivity contribution in [3.05, 3.63) is 77.0 Å². The highest BCUT2D eigenvalue weighted by Gasteiger charge is 2.21. The summed E-state index contributed by atoms with van der Waals surface area (Å²) in [5, 5.41) is 37.6. The highest BCUT2D eigenvalue weighted by molar-refractivity contribution is 5.93. The fraction of sp³-hybridized carbons (Fsp3) is 0.136. The normalized spacial score (nSPS) is 10.7. The van der Waals surface area contributed by atoms with Gasteiger partial charge in [0.25, 0.3) is 11.6 Å². The van der Waals surface area contributed by atoms with Crippen molar-refractivity contribution < 1.29 is 29.2 Å². The molecule has 0 radical (unpaired) electrons. The Balaban J connectivity index is 1.49. The number of aromatic hydroxyl groups is 2. The van der Waals surface area contributed by atoms with E-state index in [4.69, 9.17) is 9.26 Å². The van der Waals surface area contributed by atoms with E-state index in [9.17, 15) is 25.1 Å². The molecule has 0 aliphatic carbocycles. The summed E-state index contributed by atoms with van der Waals surface area (Å²) in [7, 11) is 0. The third-order valence-corrected chi connectivity index (χ3v) is 4.77. The molecule has 3 N–H and O–H groups in total. The van der Waals surface area contributed by atoms with Crippen molar-refractivity contribution in [3.63, 3.8) is 0 Å². The second-order valence-electron chi connectivity index (χ2n) is 7.18. The van der Waals surface area contributed by atoms with Crippen molar-refractivity contribution in [2.45, 2.75) is 13.0 Å². The minimum Gasteiger partial charge on any atom is -0.508 e. The van der Waals surface area contributed by atoms with Crippen LogP contribution in [0.4, 0.5) is 5.69 Å². The number of carbonyl (C=O) groups is 1. The van der Waals surface area contributed by atoms with Crippen molar-refractivity contribution >= 4 is 11.6 Å². The molecule has 4 aromatic rings. The number of hydrogen-bond donors (Lipinski definition) is 3. The van der Waals surface area contributed by atoms with Gasteiger partial charge < -0.3 is 29.4 Å². The molecule has 0 aliphatic heterocycles. The molecule has 12 nitrogen and oxygen atoms in total. The minimum absolute atomic E-state index is 0.00482. The fourth-order valence-corrected chi connectivity index (χ4v) is 3.15. The molecule has 1 amide bonds. The van der Waals surface area contributed by atoms with Crippen molar-refractivity contribution in [2.24, 2.45) is 0 Å². The number of carbonyl (C=O) groups excluding carboxylic acids is 1. The first-order valence-corrected chi connectivity index (χ1v) is 10.1. The molecule has 0 bridgehead atoms. The lowest BCUT2D eigenvalue weighted by molar-refractivity contribution is -0.384. The van der Waals surface area contributed by atoms with E-state index >= 15 is 0 Å². The molecular weight excluding hydrogens is 446 g/mol. The van der Waals surface area contributed by atoms with Crippen LogP contribution in [-0.4, -0.2) is 42.3 Å². The lowest BCUT2D eigenvalue weighted by Gasteiger charge is -2.11. The zero-order valence-corrected chi connectivity index (χ0v) is 17.6. The van der Waals surface area contributed by atoms with Gasteiger partial charge in [-0.1, -0.05) is 5.16 Å². The number of amides is 1. The van der Waals surface area contributed by atoms with Crippen molar-refractivity contribution in [2.75, 3.05) is 6.54 Å². The monoisotopic (exact) mass is 465 g/mol. The highest BCUT2D eigenvalue weighted by Crippen LogP contribution is 2.43. The molecule has 0 saturated heterocycles. The molecule has 0 unspecified atom stereocenters. The van der Waals surface area contributed by atoms with Crippen LogP contribution >= 0.6 is 0 Å². The average Bonchev–Trinajstić information content (AvgIpc) is 3.49. The number of ether oxygens (including phenoxy) is 1. The summed E-state index contributed by atoms with van der Waals surface area (Å²) in [6.45, 7) is 1.09. The Morgan fingerprint density at radius 2 is 2.00 bits per heavy atom. The van der Waals surface area contributed by atoms with Crippen LogP contribution in [0.2, 0.25) is 0 Å². The summed E-state index contributed by atoms with van der Waals surface area (Å²) >= 11 is 0. The van der Waals surface area contributed by atoms with E-state index in [2.05, 4.69) is 15.5 Å². The Hall–Kier alpha value is -4.87. The maximum Gasteiger partial charge on any atom is 0.273 e. The number of nitro groups is 1. The predicted molar refractivity (Wildman–Crippen MR) is 118 cm³/mol. The van der Waals surface area contributed by atoms with E-state index in [1.165, 1.54) is 36.4 Å². The first-order valence-electron chi connectivity index (χ1n) is 10.1. The molecule has 34 heavy (non-hydrogen) atoms. The van der Waals surface area contributed by atoms with Crippen LogP contribution in [0.5, 0.6) is 23.0 Å². The predicted octanol–water partition coefficient (Wildman–Crippen LogP) is 3.47. The second-order valence-corrected chi connectivity index (χ2v) is 7.18. The summed E-state index contributed by atoms with van der Waals surface area (Å²) in [5.74, 6) is -0.884. The van der Waals surface area contributed by atoms with Gasteiger partial charge >= 0.3 is 0 Å². The molecule has 0 saturated carbocycles. The molecule has 2 aromatic heterocycles. The van der Waals surface area contributed by atoms with Crippen molar-refractivity contribution in [3.8, 4) is 34.3 Å². The van der Waals surface area contributed by atoms with Crippen LogP contribution in [0.1, 0.15) is 16.9 Å². The van der Waals surface area contributed by atoms with E-state index in [1.807, 2.05) is 10.8 Å². The Morgan fingerprint density at radius 3 is 2.71 bits per heavy atom. The zero-order valence-electron chi connectivity index (χ0n) is 17.6. The van der Waals surface area contributed by atoms with Crippen LogP contribution < -0.4 is 10.1 Å². The number of aryl methyl sites for hydroxylation is 1. The maximum absolute atomic E-state index is 12.4. The first kappa shape index (κ1) is 22.3. The summed E-state index contributed by atoms with van der Waals surface area (Å²) < 4.78 is 12.8. The second kappa shape index (κ2) is 9.73. The molecule has 174 valence electrons. The number of aromatic nitrogens is 3.